The van der Waals surface area contributed by atoms with Gasteiger partial charge in [0.05, 0.1) is 13.1 Å². The van der Waals surface area contributed by atoms with Crippen molar-refractivity contribution < 1.29 is 22.7 Å². The number of amides is 1. The molecule has 0 atom stereocenters. The van der Waals surface area contributed by atoms with Gasteiger partial charge in [-0.2, -0.15) is 13.2 Å². The zero-order valence-corrected chi connectivity index (χ0v) is 10.9. The van der Waals surface area contributed by atoms with E-state index in [4.69, 9.17) is 11.2 Å². The first-order chi connectivity index (χ1) is 8.90. The minimum absolute atomic E-state index is 0.01000. The summed E-state index contributed by atoms with van der Waals surface area (Å²) in [6.45, 7) is 1.32. The van der Waals surface area contributed by atoms with Gasteiger partial charge in [-0.25, -0.2) is 0 Å². The summed E-state index contributed by atoms with van der Waals surface area (Å²) < 4.78 is 42.1. The number of terminal acetylenes is 1. The summed E-state index contributed by atoms with van der Waals surface area (Å²) in [5.74, 6) is 1.62. The van der Waals surface area contributed by atoms with E-state index < -0.39 is 18.6 Å². The number of carbonyl (C=O) groups is 1. The van der Waals surface area contributed by atoms with Crippen LogP contribution in [0.5, 0.6) is 0 Å². The number of nitrogens with one attached hydrogen (secondary N) is 1. The summed E-state index contributed by atoms with van der Waals surface area (Å²) >= 11 is 0. The number of halogens is 3. The zero-order valence-electron chi connectivity index (χ0n) is 10.9. The highest BCUT2D eigenvalue weighted by atomic mass is 19.4. The average molecular weight is 280 g/mol. The SMILES string of the molecule is C#CCNCC(=O)N(CCCOCC)CC(F)(F)F. The molecule has 0 unspecified atom stereocenters. The Balaban J connectivity index is 4.24. The highest BCUT2D eigenvalue weighted by molar-refractivity contribution is 5.78. The molecule has 0 aromatic heterocycles. The largest absolute Gasteiger partial charge is 0.406 e. The van der Waals surface area contributed by atoms with Gasteiger partial charge in [0.2, 0.25) is 5.91 Å². The van der Waals surface area contributed by atoms with Crippen LogP contribution in [0.1, 0.15) is 13.3 Å². The van der Waals surface area contributed by atoms with Gasteiger partial charge in [0, 0.05) is 19.8 Å². The molecule has 0 rings (SSSR count). The number of rotatable bonds is 9. The second-order valence-corrected chi connectivity index (χ2v) is 3.79. The van der Waals surface area contributed by atoms with Gasteiger partial charge in [0.1, 0.15) is 6.54 Å². The maximum Gasteiger partial charge on any atom is 0.406 e. The predicted molar refractivity (Wildman–Crippen MR) is 65.4 cm³/mol. The Morgan fingerprint density at radius 3 is 2.68 bits per heavy atom. The topological polar surface area (TPSA) is 41.6 Å². The molecule has 0 aliphatic heterocycles. The van der Waals surface area contributed by atoms with Crippen LogP contribution in [0.4, 0.5) is 13.2 Å². The lowest BCUT2D eigenvalue weighted by Crippen LogP contribution is -2.44. The molecule has 0 saturated carbocycles. The Kier molecular flexibility index (Phi) is 9.00. The minimum Gasteiger partial charge on any atom is -0.382 e. The summed E-state index contributed by atoms with van der Waals surface area (Å²) in [6.07, 6.45) is 0.929. The lowest BCUT2D eigenvalue weighted by Gasteiger charge is -2.24. The molecule has 0 radical (unpaired) electrons. The Labute approximate surface area is 111 Å². The number of carbonyl (C=O) groups excluding carboxylic acids is 1. The molecule has 4 nitrogen and oxygen atoms in total. The molecule has 1 amide bonds. The van der Waals surface area contributed by atoms with Gasteiger partial charge in [-0.1, -0.05) is 5.92 Å². The van der Waals surface area contributed by atoms with E-state index in [0.717, 1.165) is 4.90 Å². The van der Waals surface area contributed by atoms with Crippen LogP contribution in [-0.4, -0.2) is 56.4 Å². The van der Waals surface area contributed by atoms with Gasteiger partial charge >= 0.3 is 6.18 Å². The molecule has 7 heteroatoms. The molecule has 1 N–H and O–H groups in total. The summed E-state index contributed by atoms with van der Waals surface area (Å²) in [5.41, 5.74) is 0. The van der Waals surface area contributed by atoms with Crippen LogP contribution in [0, 0.1) is 12.3 Å². The minimum atomic E-state index is -4.41. The first-order valence-corrected chi connectivity index (χ1v) is 5.97. The smallest absolute Gasteiger partial charge is 0.382 e. The van der Waals surface area contributed by atoms with Crippen molar-refractivity contribution in [3.8, 4) is 12.3 Å². The summed E-state index contributed by atoms with van der Waals surface area (Å²) in [5, 5.41) is 2.58. The second kappa shape index (κ2) is 9.64. The molecule has 110 valence electrons. The third-order valence-corrected chi connectivity index (χ3v) is 2.15. The van der Waals surface area contributed by atoms with E-state index in [1.54, 1.807) is 6.92 Å². The van der Waals surface area contributed by atoms with Crippen LogP contribution in [0.25, 0.3) is 0 Å². The molecule has 0 bridgehead atoms. The summed E-state index contributed by atoms with van der Waals surface area (Å²) in [7, 11) is 0. The lowest BCUT2D eigenvalue weighted by atomic mass is 10.3. The molecule has 19 heavy (non-hydrogen) atoms. The van der Waals surface area contributed by atoms with Crippen molar-refractivity contribution in [1.29, 1.82) is 0 Å². The zero-order chi connectivity index (χ0) is 14.7. The van der Waals surface area contributed by atoms with Gasteiger partial charge in [-0.3, -0.25) is 10.1 Å². The fraction of sp³-hybridized carbons (Fsp3) is 0.750. The Morgan fingerprint density at radius 2 is 2.16 bits per heavy atom. The van der Waals surface area contributed by atoms with E-state index in [1.165, 1.54) is 0 Å². The number of nitrogens with zero attached hydrogens (tertiary/aromatic N) is 1. The van der Waals surface area contributed by atoms with Crippen molar-refractivity contribution in [1.82, 2.24) is 10.2 Å². The number of ether oxygens (including phenoxy) is 1. The maximum atomic E-state index is 12.4. The van der Waals surface area contributed by atoms with Crippen molar-refractivity contribution in [2.45, 2.75) is 19.5 Å². The monoisotopic (exact) mass is 280 g/mol. The molecule has 0 saturated heterocycles. The summed E-state index contributed by atoms with van der Waals surface area (Å²) in [6, 6.07) is 0. The molecule has 0 aromatic carbocycles. The fourth-order valence-electron chi connectivity index (χ4n) is 1.36. The van der Waals surface area contributed by atoms with E-state index >= 15 is 0 Å². The van der Waals surface area contributed by atoms with Crippen molar-refractivity contribution in [3.05, 3.63) is 0 Å². The standard InChI is InChI=1S/C12H19F3N2O2/c1-3-6-16-9-11(18)17(10-12(13,14)15)7-5-8-19-4-2/h1,16H,4-10H2,2H3. The maximum absolute atomic E-state index is 12.4. The van der Waals surface area contributed by atoms with Gasteiger partial charge < -0.3 is 9.64 Å². The van der Waals surface area contributed by atoms with Crippen molar-refractivity contribution in [2.24, 2.45) is 0 Å². The highest BCUT2D eigenvalue weighted by Crippen LogP contribution is 2.16. The van der Waals surface area contributed by atoms with Gasteiger partial charge in [-0.15, -0.1) is 6.42 Å². The van der Waals surface area contributed by atoms with Crippen LogP contribution in [0.15, 0.2) is 0 Å². The predicted octanol–water partition coefficient (Wildman–Crippen LogP) is 1.03. The Bertz CT molecular complexity index is 300. The first-order valence-electron chi connectivity index (χ1n) is 5.97. The lowest BCUT2D eigenvalue weighted by molar-refractivity contribution is -0.161. The quantitative estimate of drug-likeness (QED) is 0.506. The van der Waals surface area contributed by atoms with Crippen LogP contribution in [-0.2, 0) is 9.53 Å². The van der Waals surface area contributed by atoms with Crippen LogP contribution >= 0.6 is 0 Å². The first kappa shape index (κ1) is 17.7. The van der Waals surface area contributed by atoms with E-state index in [9.17, 15) is 18.0 Å². The third kappa shape index (κ3) is 10.4. The van der Waals surface area contributed by atoms with E-state index in [0.29, 0.717) is 19.6 Å². The van der Waals surface area contributed by atoms with Gasteiger partial charge in [0.15, 0.2) is 0 Å². The molecule has 0 aliphatic carbocycles. The molecular weight excluding hydrogens is 261 g/mol. The van der Waals surface area contributed by atoms with Crippen molar-refractivity contribution in [2.75, 3.05) is 39.4 Å². The van der Waals surface area contributed by atoms with Crippen LogP contribution < -0.4 is 5.32 Å². The summed E-state index contributed by atoms with van der Waals surface area (Å²) in [4.78, 5) is 12.4. The fourth-order valence-corrected chi connectivity index (χ4v) is 1.36. The highest BCUT2D eigenvalue weighted by Gasteiger charge is 2.32. The van der Waals surface area contributed by atoms with Crippen LogP contribution in [0.3, 0.4) is 0 Å². The number of hydrogen-bond acceptors (Lipinski definition) is 3. The molecule has 0 aliphatic rings. The van der Waals surface area contributed by atoms with Gasteiger partial charge in [-0.05, 0) is 13.3 Å². The second-order valence-electron chi connectivity index (χ2n) is 3.79. The number of alkyl halides is 3. The third-order valence-electron chi connectivity index (χ3n) is 2.15. The van der Waals surface area contributed by atoms with E-state index in [-0.39, 0.29) is 19.6 Å². The number of hydrogen-bond donors (Lipinski definition) is 1. The van der Waals surface area contributed by atoms with Gasteiger partial charge in [0.25, 0.3) is 0 Å². The van der Waals surface area contributed by atoms with Crippen LogP contribution in [0.2, 0.25) is 0 Å². The molecule has 0 heterocycles. The Hall–Kier alpha value is -1.26. The van der Waals surface area contributed by atoms with E-state index in [1.807, 2.05) is 0 Å². The molecule has 0 fully saturated rings. The molecule has 0 aromatic rings. The Morgan fingerprint density at radius 1 is 1.47 bits per heavy atom. The van der Waals surface area contributed by atoms with Crippen molar-refractivity contribution in [3.63, 3.8) is 0 Å². The van der Waals surface area contributed by atoms with E-state index in [2.05, 4.69) is 11.2 Å². The van der Waals surface area contributed by atoms with Crippen molar-refractivity contribution >= 4 is 5.91 Å². The molecular formula is C12H19F3N2O2. The normalized spacial score (nSPS) is 11.1. The average Bonchev–Trinajstić information content (AvgIpc) is 2.32. The molecule has 0 spiro atoms.